The fourth-order valence-electron chi connectivity index (χ4n) is 2.26. The molecular weight excluding hydrogens is 276 g/mol. The quantitative estimate of drug-likeness (QED) is 0.350. The van der Waals surface area contributed by atoms with Crippen molar-refractivity contribution in [1.29, 1.82) is 5.41 Å². The minimum absolute atomic E-state index is 0.0410. The van der Waals surface area contributed by atoms with E-state index in [1.54, 1.807) is 0 Å². The summed E-state index contributed by atoms with van der Waals surface area (Å²) in [6, 6.07) is 5.46. The standard InChI is InChI=1S/C17H28N4O/c1-4-5-6-7-8-12-19-16(18)21-17(22)20-15-13(2)10-9-11-14(15)3/h9-11H,4-8,12H2,1-3H3,(H4,18,19,20,21,22). The first kappa shape index (κ1) is 18.0. The van der Waals surface area contributed by atoms with Gasteiger partial charge in [-0.3, -0.25) is 10.7 Å². The van der Waals surface area contributed by atoms with Crippen LogP contribution in [0.3, 0.4) is 0 Å². The number of carbonyl (C=O) groups is 1. The molecule has 122 valence electrons. The SMILES string of the molecule is CCCCCCCNC(=N)NC(=O)Nc1c(C)cccc1C. The van der Waals surface area contributed by atoms with Crippen molar-refractivity contribution in [3.63, 3.8) is 0 Å². The Morgan fingerprint density at radius 3 is 2.36 bits per heavy atom. The van der Waals surface area contributed by atoms with E-state index in [1.807, 2.05) is 32.0 Å². The van der Waals surface area contributed by atoms with Crippen LogP contribution in [0.15, 0.2) is 18.2 Å². The normalized spacial score (nSPS) is 10.1. The van der Waals surface area contributed by atoms with Crippen molar-refractivity contribution in [2.45, 2.75) is 52.9 Å². The molecule has 0 saturated carbocycles. The van der Waals surface area contributed by atoms with Crippen LogP contribution in [0.5, 0.6) is 0 Å². The first-order valence-electron chi connectivity index (χ1n) is 8.01. The maximum Gasteiger partial charge on any atom is 0.326 e. The van der Waals surface area contributed by atoms with Crippen LogP contribution in [0.25, 0.3) is 0 Å². The molecule has 5 heteroatoms. The van der Waals surface area contributed by atoms with Gasteiger partial charge in [0.15, 0.2) is 5.96 Å². The molecule has 0 radical (unpaired) electrons. The van der Waals surface area contributed by atoms with E-state index < -0.39 is 0 Å². The molecule has 0 bridgehead atoms. The van der Waals surface area contributed by atoms with Crippen LogP contribution in [-0.4, -0.2) is 18.5 Å². The number of benzene rings is 1. The summed E-state index contributed by atoms with van der Waals surface area (Å²) in [5.41, 5.74) is 2.81. The number of guanidine groups is 1. The highest BCUT2D eigenvalue weighted by atomic mass is 16.2. The number of carbonyl (C=O) groups excluding carboxylic acids is 1. The first-order valence-corrected chi connectivity index (χ1v) is 8.01. The third kappa shape index (κ3) is 6.61. The lowest BCUT2D eigenvalue weighted by molar-refractivity contribution is 0.255. The zero-order chi connectivity index (χ0) is 16.4. The molecule has 0 unspecified atom stereocenters. The number of hydrogen-bond acceptors (Lipinski definition) is 2. The predicted molar refractivity (Wildman–Crippen MR) is 92.6 cm³/mol. The van der Waals surface area contributed by atoms with Crippen LogP contribution in [0.1, 0.15) is 50.2 Å². The minimum Gasteiger partial charge on any atom is -0.356 e. The smallest absolute Gasteiger partial charge is 0.326 e. The van der Waals surface area contributed by atoms with E-state index in [0.29, 0.717) is 6.54 Å². The molecule has 1 aromatic rings. The molecule has 2 amide bonds. The summed E-state index contributed by atoms with van der Waals surface area (Å²) in [4.78, 5) is 11.9. The molecule has 0 spiro atoms. The number of amides is 2. The van der Waals surface area contributed by atoms with Crippen molar-refractivity contribution in [1.82, 2.24) is 10.6 Å². The molecule has 22 heavy (non-hydrogen) atoms. The summed E-state index contributed by atoms with van der Waals surface area (Å²) in [7, 11) is 0. The molecule has 0 aromatic heterocycles. The Labute approximate surface area is 133 Å². The fourth-order valence-corrected chi connectivity index (χ4v) is 2.26. The van der Waals surface area contributed by atoms with E-state index in [9.17, 15) is 4.79 Å². The largest absolute Gasteiger partial charge is 0.356 e. The molecular formula is C17H28N4O. The molecule has 1 rings (SSSR count). The summed E-state index contributed by atoms with van der Waals surface area (Å²) in [6.45, 7) is 6.80. The van der Waals surface area contributed by atoms with Gasteiger partial charge >= 0.3 is 6.03 Å². The summed E-state index contributed by atoms with van der Waals surface area (Å²) in [5, 5.41) is 15.9. The van der Waals surface area contributed by atoms with E-state index in [4.69, 9.17) is 5.41 Å². The summed E-state index contributed by atoms with van der Waals surface area (Å²) in [5.74, 6) is 0.0410. The van der Waals surface area contributed by atoms with E-state index in [1.165, 1.54) is 19.3 Å². The van der Waals surface area contributed by atoms with Gasteiger partial charge in [-0.25, -0.2) is 4.79 Å². The zero-order valence-corrected chi connectivity index (χ0v) is 13.9. The maximum absolute atomic E-state index is 11.9. The molecule has 0 saturated heterocycles. The van der Waals surface area contributed by atoms with Crippen LogP contribution >= 0.6 is 0 Å². The van der Waals surface area contributed by atoms with Gasteiger partial charge in [-0.2, -0.15) is 0 Å². The molecule has 0 aliphatic rings. The Bertz CT molecular complexity index is 479. The first-order chi connectivity index (χ1) is 10.5. The maximum atomic E-state index is 11.9. The Morgan fingerprint density at radius 1 is 1.09 bits per heavy atom. The van der Waals surface area contributed by atoms with Crippen LogP contribution in [-0.2, 0) is 0 Å². The van der Waals surface area contributed by atoms with Crippen LogP contribution < -0.4 is 16.0 Å². The molecule has 0 atom stereocenters. The minimum atomic E-state index is -0.388. The second-order valence-electron chi connectivity index (χ2n) is 5.56. The number of unbranched alkanes of at least 4 members (excludes halogenated alkanes) is 4. The third-order valence-electron chi connectivity index (χ3n) is 3.54. The summed E-state index contributed by atoms with van der Waals surface area (Å²) >= 11 is 0. The molecule has 0 fully saturated rings. The molecule has 5 nitrogen and oxygen atoms in total. The number of hydrogen-bond donors (Lipinski definition) is 4. The molecule has 0 aliphatic heterocycles. The average molecular weight is 304 g/mol. The highest BCUT2D eigenvalue weighted by Crippen LogP contribution is 2.18. The fraction of sp³-hybridized carbons (Fsp3) is 0.529. The number of rotatable bonds is 7. The summed E-state index contributed by atoms with van der Waals surface area (Å²) in [6.07, 6.45) is 5.88. The second kappa shape index (κ2) is 9.82. The van der Waals surface area contributed by atoms with E-state index in [-0.39, 0.29) is 12.0 Å². The molecule has 0 aliphatic carbocycles. The van der Waals surface area contributed by atoms with Gasteiger partial charge in [0.2, 0.25) is 0 Å². The lowest BCUT2D eigenvalue weighted by Gasteiger charge is -2.13. The van der Waals surface area contributed by atoms with E-state index in [2.05, 4.69) is 22.9 Å². The lowest BCUT2D eigenvalue weighted by Crippen LogP contribution is -2.42. The topological polar surface area (TPSA) is 77.0 Å². The van der Waals surface area contributed by atoms with Crippen molar-refractivity contribution in [2.24, 2.45) is 0 Å². The van der Waals surface area contributed by atoms with Gasteiger partial charge in [0, 0.05) is 12.2 Å². The van der Waals surface area contributed by atoms with Crippen molar-refractivity contribution >= 4 is 17.7 Å². The predicted octanol–water partition coefficient (Wildman–Crippen LogP) is 3.92. The molecule has 1 aromatic carbocycles. The summed E-state index contributed by atoms with van der Waals surface area (Å²) < 4.78 is 0. The monoisotopic (exact) mass is 304 g/mol. The Hall–Kier alpha value is -2.04. The van der Waals surface area contributed by atoms with Gasteiger partial charge in [-0.15, -0.1) is 0 Å². The second-order valence-corrected chi connectivity index (χ2v) is 5.56. The zero-order valence-electron chi connectivity index (χ0n) is 13.9. The van der Waals surface area contributed by atoms with Crippen molar-refractivity contribution in [3.8, 4) is 0 Å². The van der Waals surface area contributed by atoms with Crippen LogP contribution in [0, 0.1) is 19.3 Å². The van der Waals surface area contributed by atoms with Crippen molar-refractivity contribution in [2.75, 3.05) is 11.9 Å². The van der Waals surface area contributed by atoms with Gasteiger partial charge in [0.1, 0.15) is 0 Å². The molecule has 4 N–H and O–H groups in total. The Morgan fingerprint density at radius 2 is 1.73 bits per heavy atom. The lowest BCUT2D eigenvalue weighted by atomic mass is 10.1. The number of para-hydroxylation sites is 1. The Balaban J connectivity index is 2.28. The van der Waals surface area contributed by atoms with Crippen molar-refractivity contribution in [3.05, 3.63) is 29.3 Å². The molecule has 0 heterocycles. The number of nitrogens with one attached hydrogen (secondary N) is 4. The van der Waals surface area contributed by atoms with Gasteiger partial charge in [0.05, 0.1) is 0 Å². The van der Waals surface area contributed by atoms with Gasteiger partial charge in [0.25, 0.3) is 0 Å². The highest BCUT2D eigenvalue weighted by molar-refractivity contribution is 6.02. The Kier molecular flexibility index (Phi) is 8.04. The van der Waals surface area contributed by atoms with Crippen molar-refractivity contribution < 1.29 is 4.79 Å². The average Bonchev–Trinajstić information content (AvgIpc) is 2.46. The number of anilines is 1. The third-order valence-corrected chi connectivity index (χ3v) is 3.54. The number of urea groups is 1. The van der Waals surface area contributed by atoms with Gasteiger partial charge in [-0.1, -0.05) is 50.8 Å². The van der Waals surface area contributed by atoms with Gasteiger partial charge in [-0.05, 0) is 31.4 Å². The highest BCUT2D eigenvalue weighted by Gasteiger charge is 2.08. The van der Waals surface area contributed by atoms with E-state index in [0.717, 1.165) is 29.7 Å². The van der Waals surface area contributed by atoms with Crippen LogP contribution in [0.4, 0.5) is 10.5 Å². The van der Waals surface area contributed by atoms with Gasteiger partial charge < -0.3 is 10.6 Å². The van der Waals surface area contributed by atoms with E-state index >= 15 is 0 Å². The number of aryl methyl sites for hydroxylation is 2. The van der Waals surface area contributed by atoms with Crippen LogP contribution in [0.2, 0.25) is 0 Å².